The molecule has 0 bridgehead atoms. The third-order valence-corrected chi connectivity index (χ3v) is 5.77. The number of benzene rings is 1. The standard InChI is InChI=1S/C15H17Cl2NO6S/c1-9(24-13-3-2-10(16)6-12(13)17)15(20)23-7-14(19)18-11-4-5-25(21,22)8-11/h2-3,6,9,11H,4-5,7-8H2,1H3,(H,18,19)/t9-,11-/m0/s1. The van der Waals surface area contributed by atoms with Gasteiger partial charge in [0.15, 0.2) is 22.5 Å². The van der Waals surface area contributed by atoms with Crippen LogP contribution in [0, 0.1) is 0 Å². The van der Waals surface area contributed by atoms with Crippen LogP contribution >= 0.6 is 23.2 Å². The number of nitrogens with one attached hydrogen (secondary N) is 1. The van der Waals surface area contributed by atoms with Crippen LogP contribution in [0.3, 0.4) is 0 Å². The van der Waals surface area contributed by atoms with E-state index in [1.807, 2.05) is 0 Å². The first-order chi connectivity index (χ1) is 11.7. The molecular weight excluding hydrogens is 393 g/mol. The minimum atomic E-state index is -3.09. The van der Waals surface area contributed by atoms with E-state index in [0.717, 1.165) is 0 Å². The SMILES string of the molecule is C[C@H](Oc1ccc(Cl)cc1Cl)C(=O)OCC(=O)N[C@H]1CCS(=O)(=O)C1. The predicted octanol–water partition coefficient (Wildman–Crippen LogP) is 1.61. The van der Waals surface area contributed by atoms with E-state index in [1.165, 1.54) is 19.1 Å². The van der Waals surface area contributed by atoms with E-state index in [0.29, 0.717) is 11.4 Å². The van der Waals surface area contributed by atoms with Crippen molar-refractivity contribution >= 4 is 44.9 Å². The van der Waals surface area contributed by atoms with Crippen molar-refractivity contribution in [3.8, 4) is 5.75 Å². The lowest BCUT2D eigenvalue weighted by Crippen LogP contribution is -2.39. The molecule has 0 spiro atoms. The van der Waals surface area contributed by atoms with Gasteiger partial charge in [0.25, 0.3) is 5.91 Å². The van der Waals surface area contributed by atoms with Crippen LogP contribution in [-0.4, -0.2) is 50.6 Å². The molecule has 25 heavy (non-hydrogen) atoms. The minimum Gasteiger partial charge on any atom is -0.477 e. The third kappa shape index (κ3) is 6.05. The van der Waals surface area contributed by atoms with Crippen LogP contribution < -0.4 is 10.1 Å². The Labute approximate surface area is 155 Å². The van der Waals surface area contributed by atoms with Crippen LogP contribution in [0.25, 0.3) is 0 Å². The summed E-state index contributed by atoms with van der Waals surface area (Å²) in [6.45, 7) is 0.937. The molecule has 1 amide bonds. The Morgan fingerprint density at radius 1 is 1.36 bits per heavy atom. The second-order valence-corrected chi connectivity index (χ2v) is 8.68. The fourth-order valence-corrected chi connectivity index (χ4v) is 4.37. The van der Waals surface area contributed by atoms with E-state index in [9.17, 15) is 18.0 Å². The molecule has 0 radical (unpaired) electrons. The number of rotatable bonds is 6. The van der Waals surface area contributed by atoms with Gasteiger partial charge < -0.3 is 14.8 Å². The second kappa shape index (κ2) is 8.25. The summed E-state index contributed by atoms with van der Waals surface area (Å²) in [5.74, 6) is -1.10. The molecule has 1 aromatic rings. The summed E-state index contributed by atoms with van der Waals surface area (Å²) in [4.78, 5) is 23.6. The first-order valence-electron chi connectivity index (χ1n) is 7.44. The highest BCUT2D eigenvalue weighted by molar-refractivity contribution is 7.91. The summed E-state index contributed by atoms with van der Waals surface area (Å²) >= 11 is 11.7. The van der Waals surface area contributed by atoms with Gasteiger partial charge in [0.05, 0.1) is 16.5 Å². The van der Waals surface area contributed by atoms with Crippen molar-refractivity contribution in [2.45, 2.75) is 25.5 Å². The van der Waals surface area contributed by atoms with Gasteiger partial charge in [-0.1, -0.05) is 23.2 Å². The number of carbonyl (C=O) groups is 2. The molecular formula is C15H17Cl2NO6S. The molecule has 138 valence electrons. The van der Waals surface area contributed by atoms with E-state index >= 15 is 0 Å². The van der Waals surface area contributed by atoms with E-state index in [4.69, 9.17) is 32.7 Å². The lowest BCUT2D eigenvalue weighted by Gasteiger charge is -2.15. The highest BCUT2D eigenvalue weighted by Gasteiger charge is 2.29. The average Bonchev–Trinajstić information content (AvgIpc) is 2.86. The molecule has 7 nitrogen and oxygen atoms in total. The van der Waals surface area contributed by atoms with Gasteiger partial charge in [0.2, 0.25) is 0 Å². The number of sulfone groups is 1. The summed E-state index contributed by atoms with van der Waals surface area (Å²) in [5.41, 5.74) is 0. The van der Waals surface area contributed by atoms with Crippen LogP contribution in [0.1, 0.15) is 13.3 Å². The van der Waals surface area contributed by atoms with E-state index < -0.39 is 40.5 Å². The molecule has 1 aliphatic rings. The van der Waals surface area contributed by atoms with Gasteiger partial charge in [-0.25, -0.2) is 13.2 Å². The fraction of sp³-hybridized carbons (Fsp3) is 0.467. The van der Waals surface area contributed by atoms with Crippen molar-refractivity contribution in [3.63, 3.8) is 0 Å². The number of hydrogen-bond acceptors (Lipinski definition) is 6. The van der Waals surface area contributed by atoms with Gasteiger partial charge in [-0.05, 0) is 31.5 Å². The van der Waals surface area contributed by atoms with Gasteiger partial charge in [-0.15, -0.1) is 0 Å². The number of halogens is 2. The normalized spacial score (nSPS) is 19.9. The smallest absolute Gasteiger partial charge is 0.347 e. The summed E-state index contributed by atoms with van der Waals surface area (Å²) in [7, 11) is -3.09. The Bertz CT molecular complexity index is 767. The van der Waals surface area contributed by atoms with Crippen molar-refractivity contribution in [3.05, 3.63) is 28.2 Å². The van der Waals surface area contributed by atoms with Crippen molar-refractivity contribution in [2.24, 2.45) is 0 Å². The van der Waals surface area contributed by atoms with Crippen LogP contribution in [-0.2, 0) is 24.2 Å². The zero-order valence-electron chi connectivity index (χ0n) is 13.3. The lowest BCUT2D eigenvalue weighted by molar-refractivity contribution is -0.154. The lowest BCUT2D eigenvalue weighted by atomic mass is 10.2. The van der Waals surface area contributed by atoms with E-state index in [2.05, 4.69) is 5.32 Å². The highest BCUT2D eigenvalue weighted by atomic mass is 35.5. The molecule has 2 rings (SSSR count). The van der Waals surface area contributed by atoms with Crippen LogP contribution in [0.15, 0.2) is 18.2 Å². The Kier molecular flexibility index (Phi) is 6.53. The quantitative estimate of drug-likeness (QED) is 0.716. The van der Waals surface area contributed by atoms with Crippen molar-refractivity contribution in [1.82, 2.24) is 5.32 Å². The molecule has 0 aliphatic carbocycles. The maximum Gasteiger partial charge on any atom is 0.347 e. The summed E-state index contributed by atoms with van der Waals surface area (Å²) in [6.07, 6.45) is -0.630. The Morgan fingerprint density at radius 3 is 2.68 bits per heavy atom. The Morgan fingerprint density at radius 2 is 2.08 bits per heavy atom. The van der Waals surface area contributed by atoms with Gasteiger partial charge in [0, 0.05) is 11.1 Å². The molecule has 1 aromatic carbocycles. The van der Waals surface area contributed by atoms with Crippen LogP contribution in [0.4, 0.5) is 0 Å². The monoisotopic (exact) mass is 409 g/mol. The number of carbonyl (C=O) groups excluding carboxylic acids is 2. The highest BCUT2D eigenvalue weighted by Crippen LogP contribution is 2.28. The molecule has 0 unspecified atom stereocenters. The molecule has 1 fully saturated rings. The van der Waals surface area contributed by atoms with Gasteiger partial charge in [-0.2, -0.15) is 0 Å². The molecule has 1 aliphatic heterocycles. The summed E-state index contributed by atoms with van der Waals surface area (Å²) < 4.78 is 32.9. The molecule has 10 heteroatoms. The molecule has 0 aromatic heterocycles. The predicted molar refractivity (Wildman–Crippen MR) is 92.7 cm³/mol. The number of hydrogen-bond donors (Lipinski definition) is 1. The zero-order chi connectivity index (χ0) is 18.6. The number of esters is 1. The Hall–Kier alpha value is -1.51. The van der Waals surface area contributed by atoms with Gasteiger partial charge in [0.1, 0.15) is 5.75 Å². The second-order valence-electron chi connectivity index (χ2n) is 5.61. The van der Waals surface area contributed by atoms with E-state index in [-0.39, 0.29) is 22.3 Å². The van der Waals surface area contributed by atoms with Crippen molar-refractivity contribution < 1.29 is 27.5 Å². The topological polar surface area (TPSA) is 98.8 Å². The fourth-order valence-electron chi connectivity index (χ4n) is 2.24. The zero-order valence-corrected chi connectivity index (χ0v) is 15.7. The largest absolute Gasteiger partial charge is 0.477 e. The maximum absolute atomic E-state index is 11.9. The maximum atomic E-state index is 11.9. The van der Waals surface area contributed by atoms with E-state index in [1.54, 1.807) is 6.07 Å². The van der Waals surface area contributed by atoms with Gasteiger partial charge >= 0.3 is 5.97 Å². The van der Waals surface area contributed by atoms with Crippen LogP contribution in [0.2, 0.25) is 10.0 Å². The van der Waals surface area contributed by atoms with Crippen LogP contribution in [0.5, 0.6) is 5.75 Å². The molecule has 1 saturated heterocycles. The van der Waals surface area contributed by atoms with Crippen molar-refractivity contribution in [1.29, 1.82) is 0 Å². The molecule has 0 saturated carbocycles. The summed E-state index contributed by atoms with van der Waals surface area (Å²) in [6, 6.07) is 4.10. The van der Waals surface area contributed by atoms with Crippen molar-refractivity contribution in [2.75, 3.05) is 18.1 Å². The summed E-state index contributed by atoms with van der Waals surface area (Å²) in [5, 5.41) is 3.19. The van der Waals surface area contributed by atoms with Gasteiger partial charge in [-0.3, -0.25) is 4.79 Å². The Balaban J connectivity index is 1.78. The minimum absolute atomic E-state index is 0.0461. The number of amides is 1. The first kappa shape index (κ1) is 19.8. The first-order valence-corrected chi connectivity index (χ1v) is 10.0. The average molecular weight is 410 g/mol. The number of ether oxygens (including phenoxy) is 2. The molecule has 1 N–H and O–H groups in total. The molecule has 2 atom stereocenters. The third-order valence-electron chi connectivity index (χ3n) is 3.47. The molecule has 1 heterocycles.